The summed E-state index contributed by atoms with van der Waals surface area (Å²) < 4.78 is 0.363. The minimum absolute atomic E-state index is 0. The first kappa shape index (κ1) is 37.9. The van der Waals surface area contributed by atoms with E-state index in [1.54, 1.807) is 0 Å². The summed E-state index contributed by atoms with van der Waals surface area (Å²) in [7, 11) is -0.264. The van der Waals surface area contributed by atoms with Crippen molar-refractivity contribution in [2.45, 2.75) is 25.5 Å². The molecule has 0 saturated carbocycles. The Morgan fingerprint density at radius 1 is 0.556 bits per heavy atom. The van der Waals surface area contributed by atoms with Crippen LogP contribution in [0.25, 0.3) is 0 Å². The second-order valence-electron chi connectivity index (χ2n) is 11.4. The Labute approximate surface area is 299 Å². The van der Waals surface area contributed by atoms with Crippen molar-refractivity contribution in [3.63, 3.8) is 0 Å². The average molecular weight is 780 g/mol. The molecule has 7 heteroatoms. The largest absolute Gasteiger partial charge is 0 e. The van der Waals surface area contributed by atoms with Gasteiger partial charge in [0.2, 0.25) is 0 Å². The molecule has 5 aromatic carbocycles. The number of hydrogen-bond donors (Lipinski definition) is 1. The number of rotatable bonds is 11. The molecule has 5 rings (SSSR count). The van der Waals surface area contributed by atoms with Crippen LogP contribution in [0.4, 0.5) is 0 Å². The van der Waals surface area contributed by atoms with Gasteiger partial charge in [0.1, 0.15) is 0 Å². The predicted octanol–water partition coefficient (Wildman–Crippen LogP) is 9.06. The topological polar surface area (TPSA) is 12.0 Å². The van der Waals surface area contributed by atoms with Crippen molar-refractivity contribution in [1.29, 1.82) is 0 Å². The van der Waals surface area contributed by atoms with Gasteiger partial charge < -0.3 is 5.32 Å². The van der Waals surface area contributed by atoms with Crippen LogP contribution in [0.3, 0.4) is 0 Å². The van der Waals surface area contributed by atoms with Crippen molar-refractivity contribution >= 4 is 74.0 Å². The molecule has 1 nitrogen and oxygen atoms in total. The van der Waals surface area contributed by atoms with E-state index in [1.165, 1.54) is 22.5 Å². The standard InChI is InChI=1S/C20H28NPS.C18H15Cl2P.Ru/c1-20(2,3)23-17-15-21-14-16-22(18-10-6-4-7-11-18)19-12-8-5-9-13-19;19-21(20,16-10-4-1-5-11-16,17-12-6-2-7-13-17)18-14-8-3-9-15-18;/h4-13,21H,14-17H2,1-3H3;1-15H;. The van der Waals surface area contributed by atoms with E-state index < -0.39 is 5.31 Å². The maximum atomic E-state index is 7.27. The van der Waals surface area contributed by atoms with Gasteiger partial charge in [0, 0.05) is 36.5 Å². The number of benzene rings is 5. The summed E-state index contributed by atoms with van der Waals surface area (Å²) in [5, 5.41) is 6.02. The molecule has 0 spiro atoms. The fourth-order valence-electron chi connectivity index (χ4n) is 4.88. The molecule has 0 aromatic heterocycles. The van der Waals surface area contributed by atoms with Crippen molar-refractivity contribution < 1.29 is 19.5 Å². The number of hydrogen-bond acceptors (Lipinski definition) is 2. The Hall–Kier alpha value is -1.53. The van der Waals surface area contributed by atoms with Gasteiger partial charge in [0.25, 0.3) is 0 Å². The monoisotopic (exact) mass is 779 g/mol. The molecular weight excluding hydrogens is 736 g/mol. The van der Waals surface area contributed by atoms with Crippen molar-refractivity contribution in [3.8, 4) is 0 Å². The molecule has 5 aromatic rings. The fourth-order valence-corrected chi connectivity index (χ4v) is 13.0. The van der Waals surface area contributed by atoms with Crippen LogP contribution in [0.5, 0.6) is 0 Å². The Kier molecular flexibility index (Phi) is 15.3. The van der Waals surface area contributed by atoms with E-state index >= 15 is 0 Å². The van der Waals surface area contributed by atoms with Crippen molar-refractivity contribution in [3.05, 3.63) is 152 Å². The second kappa shape index (κ2) is 18.1. The molecular formula is C38H43Cl2NP2RuS. The summed E-state index contributed by atoms with van der Waals surface area (Å²) in [6.07, 6.45) is 1.20. The molecule has 0 saturated heterocycles. The van der Waals surface area contributed by atoms with E-state index in [9.17, 15) is 0 Å². The number of halogens is 2. The van der Waals surface area contributed by atoms with Crippen LogP contribution in [0.2, 0.25) is 0 Å². The fraction of sp³-hybridized carbons (Fsp3) is 0.211. The Morgan fingerprint density at radius 2 is 0.889 bits per heavy atom. The van der Waals surface area contributed by atoms with Gasteiger partial charge in [-0.1, -0.05) is 81.4 Å². The molecule has 0 atom stereocenters. The third kappa shape index (κ3) is 10.7. The molecule has 238 valence electrons. The van der Waals surface area contributed by atoms with Gasteiger partial charge in [0.15, 0.2) is 0 Å². The maximum absolute atomic E-state index is 7.27. The Balaban J connectivity index is 0.000000241. The summed E-state index contributed by atoms with van der Waals surface area (Å²) in [5.74, 6) is 1.18. The van der Waals surface area contributed by atoms with Crippen LogP contribution in [0.1, 0.15) is 20.8 Å². The third-order valence-electron chi connectivity index (χ3n) is 7.09. The van der Waals surface area contributed by atoms with E-state index in [1.807, 2.05) is 103 Å². The zero-order valence-electron chi connectivity index (χ0n) is 26.2. The zero-order valence-corrected chi connectivity index (χ0v) is 32.0. The molecule has 0 aliphatic heterocycles. The summed E-state index contributed by atoms with van der Waals surface area (Å²) in [6, 6.07) is 51.8. The van der Waals surface area contributed by atoms with Crippen LogP contribution in [-0.2, 0) is 19.5 Å². The van der Waals surface area contributed by atoms with E-state index in [0.717, 1.165) is 29.0 Å². The molecule has 0 amide bonds. The van der Waals surface area contributed by atoms with Gasteiger partial charge in [-0.3, -0.25) is 0 Å². The van der Waals surface area contributed by atoms with Gasteiger partial charge in [-0.25, -0.2) is 0 Å². The van der Waals surface area contributed by atoms with Crippen LogP contribution in [-0.4, -0.2) is 29.8 Å². The Morgan fingerprint density at radius 3 is 1.22 bits per heavy atom. The molecule has 0 heterocycles. The third-order valence-corrected chi connectivity index (χ3v) is 18.0. The Bertz CT molecular complexity index is 1380. The van der Waals surface area contributed by atoms with Gasteiger partial charge in [0.05, 0.1) is 0 Å². The van der Waals surface area contributed by atoms with Gasteiger partial charge in [-0.2, -0.15) is 11.8 Å². The van der Waals surface area contributed by atoms with Crippen LogP contribution in [0, 0.1) is 0 Å². The van der Waals surface area contributed by atoms with E-state index in [-0.39, 0.29) is 27.4 Å². The first-order valence-corrected chi connectivity index (χ1v) is 21.6. The first-order valence-electron chi connectivity index (χ1n) is 15.0. The van der Waals surface area contributed by atoms with Crippen LogP contribution in [0.15, 0.2) is 152 Å². The quantitative estimate of drug-likeness (QED) is 0.0817. The van der Waals surface area contributed by atoms with Crippen LogP contribution < -0.4 is 31.8 Å². The minimum Gasteiger partial charge on any atom is 0 e. The SMILES string of the molecule is CC(C)(C)SCCNCCP(c1ccccc1)c1ccccc1.ClP(Cl)(c1ccccc1)(c1ccccc1)c1ccccc1.[Ru]. The molecule has 0 aliphatic rings. The average Bonchev–Trinajstić information content (AvgIpc) is 3.06. The predicted molar refractivity (Wildman–Crippen MR) is 206 cm³/mol. The first-order chi connectivity index (χ1) is 21.2. The minimum atomic E-state index is -3.43. The van der Waals surface area contributed by atoms with Gasteiger partial charge in [-0.15, -0.1) is 0 Å². The van der Waals surface area contributed by atoms with E-state index in [2.05, 4.69) is 86.8 Å². The summed E-state index contributed by atoms with van der Waals surface area (Å²) in [4.78, 5) is 0. The van der Waals surface area contributed by atoms with Crippen molar-refractivity contribution in [1.82, 2.24) is 5.32 Å². The summed E-state index contributed by atoms with van der Waals surface area (Å²) in [6.45, 7) is 9.01. The van der Waals surface area contributed by atoms with Crippen molar-refractivity contribution in [2.24, 2.45) is 0 Å². The molecule has 0 bridgehead atoms. The van der Waals surface area contributed by atoms with Crippen LogP contribution >= 0.6 is 47.5 Å². The normalized spacial score (nSPS) is 12.3. The molecule has 1 N–H and O–H groups in total. The van der Waals surface area contributed by atoms with E-state index in [0.29, 0.717) is 4.75 Å². The molecule has 0 radical (unpaired) electrons. The maximum Gasteiger partial charge on any atom is 0 e. The second-order valence-corrected chi connectivity index (χ2v) is 23.6. The van der Waals surface area contributed by atoms with Gasteiger partial charge >= 0.3 is 135 Å². The number of nitrogens with one attached hydrogen (secondary N) is 1. The van der Waals surface area contributed by atoms with E-state index in [4.69, 9.17) is 22.5 Å². The summed E-state index contributed by atoms with van der Waals surface area (Å²) >= 11 is 16.6. The molecule has 45 heavy (non-hydrogen) atoms. The van der Waals surface area contributed by atoms with Gasteiger partial charge in [-0.05, 0) is 31.2 Å². The molecule has 0 aliphatic carbocycles. The zero-order chi connectivity index (χ0) is 31.3. The van der Waals surface area contributed by atoms with Crippen molar-refractivity contribution in [2.75, 3.05) is 25.0 Å². The molecule has 0 unspecified atom stereocenters. The number of thioether (sulfide) groups is 1. The smallest absolute Gasteiger partial charge is 0 e. The summed E-state index contributed by atoms with van der Waals surface area (Å²) in [5.41, 5.74) is 0. The molecule has 0 fully saturated rings.